The van der Waals surface area contributed by atoms with Crippen molar-refractivity contribution in [3.8, 4) is 11.5 Å². The van der Waals surface area contributed by atoms with Crippen LogP contribution in [0.25, 0.3) is 0 Å². The summed E-state index contributed by atoms with van der Waals surface area (Å²) >= 11 is 0. The molecule has 0 aliphatic carbocycles. The van der Waals surface area contributed by atoms with Gasteiger partial charge in [0.1, 0.15) is 0 Å². The van der Waals surface area contributed by atoms with Crippen LogP contribution in [0.3, 0.4) is 0 Å². The molecule has 1 rings (SSSR count). The summed E-state index contributed by atoms with van der Waals surface area (Å²) in [5, 5.41) is 0. The molecular formula is C14H21NO3. The predicted octanol–water partition coefficient (Wildman–Crippen LogP) is 2.29. The van der Waals surface area contributed by atoms with Gasteiger partial charge in [-0.25, -0.2) is 0 Å². The summed E-state index contributed by atoms with van der Waals surface area (Å²) < 4.78 is 10.7. The molecule has 0 saturated heterocycles. The highest BCUT2D eigenvalue weighted by Gasteiger charge is 2.18. The van der Waals surface area contributed by atoms with Crippen molar-refractivity contribution < 1.29 is 14.3 Å². The third-order valence-corrected chi connectivity index (χ3v) is 2.80. The summed E-state index contributed by atoms with van der Waals surface area (Å²) in [7, 11) is 5.11. The van der Waals surface area contributed by atoms with E-state index in [4.69, 9.17) is 9.47 Å². The molecule has 4 heteroatoms. The summed E-state index contributed by atoms with van der Waals surface area (Å²) in [5.74, 6) is 1.24. The summed E-state index contributed by atoms with van der Waals surface area (Å²) in [6.07, 6.45) is 0. The van der Waals surface area contributed by atoms with Crippen LogP contribution in [0.2, 0.25) is 0 Å². The zero-order valence-corrected chi connectivity index (χ0v) is 11.7. The van der Waals surface area contributed by atoms with Gasteiger partial charge in [0.05, 0.1) is 19.6 Å². The van der Waals surface area contributed by atoms with E-state index in [2.05, 4.69) is 0 Å². The Kier molecular flexibility index (Phi) is 5.01. The largest absolute Gasteiger partial charge is 0.493 e. The molecule has 0 N–H and O–H groups in total. The lowest BCUT2D eigenvalue weighted by molar-refractivity contribution is -0.129. The number of ether oxygens (including phenoxy) is 2. The molecule has 1 atom stereocenters. The maximum atomic E-state index is 11.9. The Morgan fingerprint density at radius 1 is 1.33 bits per heavy atom. The predicted molar refractivity (Wildman–Crippen MR) is 71.3 cm³/mol. The number of carbonyl (C=O) groups excluding carboxylic acids is 1. The monoisotopic (exact) mass is 251 g/mol. The quantitative estimate of drug-likeness (QED) is 0.806. The van der Waals surface area contributed by atoms with E-state index in [9.17, 15) is 4.79 Å². The van der Waals surface area contributed by atoms with Crippen LogP contribution in [0.5, 0.6) is 11.5 Å². The molecule has 1 amide bonds. The lowest BCUT2D eigenvalue weighted by atomic mass is 9.99. The van der Waals surface area contributed by atoms with Crippen molar-refractivity contribution in [1.29, 1.82) is 0 Å². The van der Waals surface area contributed by atoms with E-state index in [1.54, 1.807) is 26.1 Å². The molecule has 1 aromatic rings. The smallest absolute Gasteiger partial charge is 0.229 e. The molecule has 100 valence electrons. The Labute approximate surface area is 108 Å². The number of nitrogens with zero attached hydrogens (tertiary/aromatic N) is 1. The Bertz CT molecular complexity index is 416. The Morgan fingerprint density at radius 2 is 2.00 bits per heavy atom. The van der Waals surface area contributed by atoms with E-state index < -0.39 is 0 Å². The third-order valence-electron chi connectivity index (χ3n) is 2.80. The van der Waals surface area contributed by atoms with Crippen molar-refractivity contribution in [2.75, 3.05) is 27.8 Å². The number of amides is 1. The SMILES string of the molecule is CCOc1cc(C(C)C(=O)N(C)C)ccc1OC. The van der Waals surface area contributed by atoms with Gasteiger partial charge in [0.15, 0.2) is 11.5 Å². The maximum Gasteiger partial charge on any atom is 0.229 e. The van der Waals surface area contributed by atoms with Crippen LogP contribution in [0.15, 0.2) is 18.2 Å². The molecule has 0 bridgehead atoms. The third kappa shape index (κ3) is 3.15. The Morgan fingerprint density at radius 3 is 2.50 bits per heavy atom. The summed E-state index contributed by atoms with van der Waals surface area (Å²) in [6, 6.07) is 5.60. The zero-order chi connectivity index (χ0) is 13.7. The Balaban J connectivity index is 3.03. The van der Waals surface area contributed by atoms with Crippen molar-refractivity contribution >= 4 is 5.91 Å². The summed E-state index contributed by atoms with van der Waals surface area (Å²) in [6.45, 7) is 4.37. The van der Waals surface area contributed by atoms with E-state index in [0.717, 1.165) is 5.56 Å². The highest BCUT2D eigenvalue weighted by Crippen LogP contribution is 2.31. The van der Waals surface area contributed by atoms with Gasteiger partial charge in [0, 0.05) is 14.1 Å². The first-order valence-corrected chi connectivity index (χ1v) is 6.03. The van der Waals surface area contributed by atoms with Gasteiger partial charge in [-0.15, -0.1) is 0 Å². The van der Waals surface area contributed by atoms with Crippen LogP contribution < -0.4 is 9.47 Å². The molecule has 0 aliphatic heterocycles. The summed E-state index contributed by atoms with van der Waals surface area (Å²) in [4.78, 5) is 13.5. The molecule has 0 aliphatic rings. The fourth-order valence-electron chi connectivity index (χ4n) is 1.76. The van der Waals surface area contributed by atoms with Gasteiger partial charge in [-0.05, 0) is 31.5 Å². The molecule has 0 heterocycles. The topological polar surface area (TPSA) is 38.8 Å². The van der Waals surface area contributed by atoms with Crippen molar-refractivity contribution in [2.45, 2.75) is 19.8 Å². The second-order valence-corrected chi connectivity index (χ2v) is 4.30. The first kappa shape index (κ1) is 14.4. The van der Waals surface area contributed by atoms with Crippen LogP contribution >= 0.6 is 0 Å². The average Bonchev–Trinajstić information content (AvgIpc) is 2.37. The minimum atomic E-state index is -0.190. The van der Waals surface area contributed by atoms with Crippen molar-refractivity contribution in [3.63, 3.8) is 0 Å². The van der Waals surface area contributed by atoms with Gasteiger partial charge in [-0.2, -0.15) is 0 Å². The van der Waals surface area contributed by atoms with Gasteiger partial charge in [0.25, 0.3) is 0 Å². The molecule has 0 saturated carbocycles. The standard InChI is InChI=1S/C14H21NO3/c1-6-18-13-9-11(7-8-12(13)17-5)10(2)14(16)15(3)4/h7-10H,6H2,1-5H3. The lowest BCUT2D eigenvalue weighted by Gasteiger charge is -2.18. The summed E-state index contributed by atoms with van der Waals surface area (Å²) in [5.41, 5.74) is 0.929. The van der Waals surface area contributed by atoms with Crippen LogP contribution in [-0.4, -0.2) is 38.6 Å². The molecule has 0 fully saturated rings. The van der Waals surface area contributed by atoms with Crippen LogP contribution in [0, 0.1) is 0 Å². The van der Waals surface area contributed by atoms with Crippen LogP contribution in [0.1, 0.15) is 25.3 Å². The number of hydrogen-bond acceptors (Lipinski definition) is 3. The number of hydrogen-bond donors (Lipinski definition) is 0. The number of methoxy groups -OCH3 is 1. The molecule has 18 heavy (non-hydrogen) atoms. The molecular weight excluding hydrogens is 230 g/mol. The molecule has 0 aromatic heterocycles. The highest BCUT2D eigenvalue weighted by atomic mass is 16.5. The number of likely N-dealkylation sites (N-methyl/N-ethyl adjacent to an activating group) is 1. The van der Waals surface area contributed by atoms with Gasteiger partial charge in [0.2, 0.25) is 5.91 Å². The van der Waals surface area contributed by atoms with Crippen LogP contribution in [-0.2, 0) is 4.79 Å². The van der Waals surface area contributed by atoms with Crippen molar-refractivity contribution in [2.24, 2.45) is 0 Å². The first-order chi connectivity index (χ1) is 8.51. The lowest BCUT2D eigenvalue weighted by Crippen LogP contribution is -2.26. The van der Waals surface area contributed by atoms with Gasteiger partial charge in [-0.1, -0.05) is 6.07 Å². The van der Waals surface area contributed by atoms with Crippen molar-refractivity contribution in [1.82, 2.24) is 4.90 Å². The molecule has 1 unspecified atom stereocenters. The van der Waals surface area contributed by atoms with Gasteiger partial charge in [-0.3, -0.25) is 4.79 Å². The minimum Gasteiger partial charge on any atom is -0.493 e. The molecule has 0 radical (unpaired) electrons. The minimum absolute atomic E-state index is 0.0719. The Hall–Kier alpha value is -1.71. The van der Waals surface area contributed by atoms with E-state index in [-0.39, 0.29) is 11.8 Å². The van der Waals surface area contributed by atoms with E-state index in [1.165, 1.54) is 0 Å². The fraction of sp³-hybridized carbons (Fsp3) is 0.500. The molecule has 1 aromatic carbocycles. The number of benzene rings is 1. The van der Waals surface area contributed by atoms with Gasteiger partial charge >= 0.3 is 0 Å². The molecule has 0 spiro atoms. The first-order valence-electron chi connectivity index (χ1n) is 6.03. The van der Waals surface area contributed by atoms with Gasteiger partial charge < -0.3 is 14.4 Å². The second-order valence-electron chi connectivity index (χ2n) is 4.30. The highest BCUT2D eigenvalue weighted by molar-refractivity contribution is 5.83. The molecule has 4 nitrogen and oxygen atoms in total. The van der Waals surface area contributed by atoms with Crippen molar-refractivity contribution in [3.05, 3.63) is 23.8 Å². The van der Waals surface area contributed by atoms with E-state index in [0.29, 0.717) is 18.1 Å². The number of carbonyl (C=O) groups is 1. The van der Waals surface area contributed by atoms with Crippen LogP contribution in [0.4, 0.5) is 0 Å². The second kappa shape index (κ2) is 6.28. The maximum absolute atomic E-state index is 11.9. The normalized spacial score (nSPS) is 11.8. The van der Waals surface area contributed by atoms with E-state index >= 15 is 0 Å². The number of rotatable bonds is 5. The zero-order valence-electron chi connectivity index (χ0n) is 11.7. The average molecular weight is 251 g/mol. The van der Waals surface area contributed by atoms with E-state index in [1.807, 2.05) is 32.0 Å². The fourth-order valence-corrected chi connectivity index (χ4v) is 1.76.